The Labute approximate surface area is 122 Å². The van der Waals surface area contributed by atoms with Gasteiger partial charge in [0, 0.05) is 31.1 Å². The minimum atomic E-state index is -1.13. The lowest BCUT2D eigenvalue weighted by molar-refractivity contribution is 0.0686. The Balaban J connectivity index is 2.43. The van der Waals surface area contributed by atoms with Gasteiger partial charge < -0.3 is 19.3 Å². The fourth-order valence-corrected chi connectivity index (χ4v) is 2.07. The molecule has 0 aliphatic rings. The number of nitrogens with zero attached hydrogens (tertiary/aromatic N) is 2. The van der Waals surface area contributed by atoms with Crippen LogP contribution in [0.2, 0.25) is 0 Å². The Morgan fingerprint density at radius 1 is 1.33 bits per heavy atom. The van der Waals surface area contributed by atoms with Crippen molar-refractivity contribution in [1.82, 2.24) is 9.47 Å². The molecule has 0 aliphatic carbocycles. The molecule has 0 saturated heterocycles. The average Bonchev–Trinajstić information content (AvgIpc) is 2.42. The van der Waals surface area contributed by atoms with Gasteiger partial charge in [0.2, 0.25) is 0 Å². The van der Waals surface area contributed by atoms with Gasteiger partial charge in [0.1, 0.15) is 18.1 Å². The molecule has 21 heavy (non-hydrogen) atoms. The Hall–Kier alpha value is -2.34. The first kappa shape index (κ1) is 15.1. The zero-order chi connectivity index (χ0) is 15.6. The minimum Gasteiger partial charge on any atom is -0.492 e. The number of pyridine rings is 1. The van der Waals surface area contributed by atoms with Crippen molar-refractivity contribution in [3.63, 3.8) is 0 Å². The van der Waals surface area contributed by atoms with Crippen LogP contribution in [0.5, 0.6) is 5.75 Å². The van der Waals surface area contributed by atoms with Crippen LogP contribution in [-0.4, -0.2) is 47.8 Å². The van der Waals surface area contributed by atoms with E-state index in [4.69, 9.17) is 9.84 Å². The van der Waals surface area contributed by atoms with E-state index < -0.39 is 5.97 Å². The Kier molecular flexibility index (Phi) is 4.28. The van der Waals surface area contributed by atoms with Crippen LogP contribution in [0.4, 0.5) is 0 Å². The first-order valence-corrected chi connectivity index (χ1v) is 6.55. The van der Waals surface area contributed by atoms with E-state index in [0.29, 0.717) is 23.3 Å². The molecule has 0 saturated carbocycles. The van der Waals surface area contributed by atoms with Crippen molar-refractivity contribution in [2.75, 3.05) is 27.2 Å². The van der Waals surface area contributed by atoms with E-state index in [0.717, 1.165) is 12.6 Å². The van der Waals surface area contributed by atoms with Crippen molar-refractivity contribution in [2.24, 2.45) is 7.05 Å². The molecule has 0 aliphatic heterocycles. The first-order valence-electron chi connectivity index (χ1n) is 6.55. The van der Waals surface area contributed by atoms with Gasteiger partial charge in [-0.25, -0.2) is 4.79 Å². The van der Waals surface area contributed by atoms with Crippen LogP contribution in [0.1, 0.15) is 10.5 Å². The molecule has 0 radical (unpaired) electrons. The summed E-state index contributed by atoms with van der Waals surface area (Å²) >= 11 is 0. The van der Waals surface area contributed by atoms with E-state index in [1.165, 1.54) is 4.57 Å². The van der Waals surface area contributed by atoms with E-state index in [-0.39, 0.29) is 11.1 Å². The van der Waals surface area contributed by atoms with Crippen LogP contribution >= 0.6 is 0 Å². The number of aromatic carboxylic acids is 1. The van der Waals surface area contributed by atoms with E-state index >= 15 is 0 Å². The zero-order valence-corrected chi connectivity index (χ0v) is 12.3. The van der Waals surface area contributed by atoms with Crippen molar-refractivity contribution in [1.29, 1.82) is 0 Å². The van der Waals surface area contributed by atoms with Crippen LogP contribution in [0.25, 0.3) is 10.9 Å². The fourth-order valence-electron chi connectivity index (χ4n) is 2.07. The molecule has 2 rings (SSSR count). The molecule has 6 nitrogen and oxygen atoms in total. The van der Waals surface area contributed by atoms with Gasteiger partial charge in [0.15, 0.2) is 5.43 Å². The lowest BCUT2D eigenvalue weighted by Crippen LogP contribution is -2.19. The number of benzene rings is 1. The average molecular weight is 290 g/mol. The smallest absolute Gasteiger partial charge is 0.352 e. The maximum atomic E-state index is 11.9. The second-order valence-electron chi connectivity index (χ2n) is 5.09. The van der Waals surface area contributed by atoms with Gasteiger partial charge in [-0.3, -0.25) is 4.79 Å². The normalized spacial score (nSPS) is 11.0. The summed E-state index contributed by atoms with van der Waals surface area (Å²) in [6.07, 6.45) is 0. The van der Waals surface area contributed by atoms with E-state index in [1.54, 1.807) is 25.2 Å². The number of rotatable bonds is 5. The summed E-state index contributed by atoms with van der Waals surface area (Å²) in [6, 6.07) is 6.21. The van der Waals surface area contributed by atoms with Gasteiger partial charge in [-0.1, -0.05) is 0 Å². The van der Waals surface area contributed by atoms with Gasteiger partial charge in [-0.15, -0.1) is 0 Å². The van der Waals surface area contributed by atoms with Gasteiger partial charge in [0.25, 0.3) is 0 Å². The molecule has 0 atom stereocenters. The molecular weight excluding hydrogens is 272 g/mol. The summed E-state index contributed by atoms with van der Waals surface area (Å²) in [4.78, 5) is 25.1. The van der Waals surface area contributed by atoms with E-state index in [2.05, 4.69) is 0 Å². The number of likely N-dealkylation sites (N-methyl/N-ethyl adjacent to an activating group) is 1. The minimum absolute atomic E-state index is 0.0436. The number of hydrogen-bond donors (Lipinski definition) is 1. The summed E-state index contributed by atoms with van der Waals surface area (Å²) in [5, 5.41) is 9.60. The summed E-state index contributed by atoms with van der Waals surface area (Å²) in [5.41, 5.74) is 0.195. The Morgan fingerprint density at radius 3 is 2.67 bits per heavy atom. The first-order chi connectivity index (χ1) is 9.90. The van der Waals surface area contributed by atoms with Crippen molar-refractivity contribution in [2.45, 2.75) is 0 Å². The topological polar surface area (TPSA) is 71.8 Å². The quantitative estimate of drug-likeness (QED) is 0.895. The molecule has 0 bridgehead atoms. The summed E-state index contributed by atoms with van der Waals surface area (Å²) in [5.74, 6) is -0.516. The molecule has 1 N–H and O–H groups in total. The van der Waals surface area contributed by atoms with Gasteiger partial charge in [0.05, 0.1) is 5.52 Å². The van der Waals surface area contributed by atoms with Crippen LogP contribution in [-0.2, 0) is 7.05 Å². The van der Waals surface area contributed by atoms with Crippen molar-refractivity contribution in [3.05, 3.63) is 40.2 Å². The molecule has 0 unspecified atom stereocenters. The predicted octanol–water partition coefficient (Wildman–Crippen LogP) is 1.18. The summed E-state index contributed by atoms with van der Waals surface area (Å²) in [7, 11) is 5.52. The van der Waals surface area contributed by atoms with Gasteiger partial charge >= 0.3 is 5.97 Å². The van der Waals surface area contributed by atoms with Crippen LogP contribution in [0, 0.1) is 0 Å². The highest BCUT2D eigenvalue weighted by atomic mass is 16.5. The monoisotopic (exact) mass is 290 g/mol. The number of carboxylic acids is 1. The van der Waals surface area contributed by atoms with Gasteiger partial charge in [-0.2, -0.15) is 0 Å². The number of carbonyl (C=O) groups is 1. The lowest BCUT2D eigenvalue weighted by Gasteiger charge is -2.13. The van der Waals surface area contributed by atoms with Crippen LogP contribution < -0.4 is 10.2 Å². The van der Waals surface area contributed by atoms with Crippen LogP contribution in [0.3, 0.4) is 0 Å². The maximum Gasteiger partial charge on any atom is 0.352 e. The molecule has 0 spiro atoms. The van der Waals surface area contributed by atoms with E-state index in [9.17, 15) is 9.59 Å². The van der Waals surface area contributed by atoms with Crippen molar-refractivity contribution in [3.8, 4) is 5.75 Å². The Bertz CT molecular complexity index is 734. The molecule has 1 aromatic heterocycles. The molecule has 6 heteroatoms. The van der Waals surface area contributed by atoms with Gasteiger partial charge in [-0.05, 0) is 26.2 Å². The highest BCUT2D eigenvalue weighted by Gasteiger charge is 2.12. The maximum absolute atomic E-state index is 11.9. The molecule has 0 fully saturated rings. The number of aryl methyl sites for hydroxylation is 1. The third kappa shape index (κ3) is 3.22. The standard InChI is InChI=1S/C15H18N2O4/c1-16(2)6-7-21-10-4-5-11-12(8-10)17(3)13(15(19)20)9-14(11)18/h4-5,8-9H,6-7H2,1-3H3,(H,19,20). The molecular formula is C15H18N2O4. The number of aromatic nitrogens is 1. The Morgan fingerprint density at radius 2 is 2.05 bits per heavy atom. The van der Waals surface area contributed by atoms with Crippen molar-refractivity contribution >= 4 is 16.9 Å². The van der Waals surface area contributed by atoms with E-state index in [1.807, 2.05) is 19.0 Å². The molecule has 2 aromatic rings. The summed E-state index contributed by atoms with van der Waals surface area (Å²) < 4.78 is 7.10. The molecule has 1 aromatic carbocycles. The second kappa shape index (κ2) is 5.97. The lowest BCUT2D eigenvalue weighted by atomic mass is 10.1. The fraction of sp³-hybridized carbons (Fsp3) is 0.333. The third-order valence-electron chi connectivity index (χ3n) is 3.25. The predicted molar refractivity (Wildman–Crippen MR) is 80.2 cm³/mol. The highest BCUT2D eigenvalue weighted by molar-refractivity contribution is 5.90. The molecule has 0 amide bonds. The molecule has 1 heterocycles. The molecule has 112 valence electrons. The summed E-state index contributed by atoms with van der Waals surface area (Å²) in [6.45, 7) is 1.29. The second-order valence-corrected chi connectivity index (χ2v) is 5.09. The highest BCUT2D eigenvalue weighted by Crippen LogP contribution is 2.19. The third-order valence-corrected chi connectivity index (χ3v) is 3.25. The zero-order valence-electron chi connectivity index (χ0n) is 12.3. The SMILES string of the molecule is CN(C)CCOc1ccc2c(=O)cc(C(=O)O)n(C)c2c1. The van der Waals surface area contributed by atoms with Crippen LogP contribution in [0.15, 0.2) is 29.1 Å². The van der Waals surface area contributed by atoms with Crippen molar-refractivity contribution < 1.29 is 14.6 Å². The number of hydrogen-bond acceptors (Lipinski definition) is 4. The number of carboxylic acid groups (broad SMARTS) is 1. The largest absolute Gasteiger partial charge is 0.492 e. The number of fused-ring (bicyclic) bond motifs is 1. The number of ether oxygens (including phenoxy) is 1.